The number of nitrogens with one attached hydrogen (secondary N) is 1. The summed E-state index contributed by atoms with van der Waals surface area (Å²) in [6, 6.07) is 7.87. The number of aromatic nitrogens is 2. The van der Waals surface area contributed by atoms with Crippen LogP contribution >= 0.6 is 0 Å². The standard InChI is InChI=1S/C16H23N3O2/c1-16(2,20)11-19(3)10-13-9-17-18-15(13)12-5-7-14(21-4)8-6-12/h5-9,20H,10-11H2,1-4H3,(H,17,18). The van der Waals surface area contributed by atoms with Gasteiger partial charge in [0.15, 0.2) is 0 Å². The van der Waals surface area contributed by atoms with Crippen molar-refractivity contribution in [1.82, 2.24) is 15.1 Å². The zero-order valence-corrected chi connectivity index (χ0v) is 13.1. The molecule has 0 aliphatic heterocycles. The molecule has 0 unspecified atom stereocenters. The summed E-state index contributed by atoms with van der Waals surface area (Å²) >= 11 is 0. The quantitative estimate of drug-likeness (QED) is 0.856. The largest absolute Gasteiger partial charge is 0.497 e. The second-order valence-electron chi connectivity index (χ2n) is 5.98. The predicted molar refractivity (Wildman–Crippen MR) is 83.2 cm³/mol. The predicted octanol–water partition coefficient (Wildman–Crippen LogP) is 2.29. The van der Waals surface area contributed by atoms with E-state index in [1.165, 1.54) is 0 Å². The van der Waals surface area contributed by atoms with E-state index in [9.17, 15) is 5.11 Å². The average molecular weight is 289 g/mol. The number of ether oxygens (including phenoxy) is 1. The lowest BCUT2D eigenvalue weighted by atomic mass is 10.1. The number of hydrogen-bond donors (Lipinski definition) is 2. The van der Waals surface area contributed by atoms with Gasteiger partial charge in [0.1, 0.15) is 5.75 Å². The molecule has 0 spiro atoms. The van der Waals surface area contributed by atoms with Gasteiger partial charge in [0.2, 0.25) is 0 Å². The highest BCUT2D eigenvalue weighted by atomic mass is 16.5. The summed E-state index contributed by atoms with van der Waals surface area (Å²) in [5.74, 6) is 0.832. The summed E-state index contributed by atoms with van der Waals surface area (Å²) in [4.78, 5) is 2.08. The third-order valence-corrected chi connectivity index (χ3v) is 3.19. The number of H-pyrrole nitrogens is 1. The van der Waals surface area contributed by atoms with Crippen LogP contribution in [0.25, 0.3) is 11.3 Å². The van der Waals surface area contributed by atoms with Gasteiger partial charge in [-0.25, -0.2) is 0 Å². The molecule has 1 aromatic heterocycles. The Balaban J connectivity index is 2.14. The third-order valence-electron chi connectivity index (χ3n) is 3.19. The van der Waals surface area contributed by atoms with Crippen LogP contribution in [0.15, 0.2) is 30.5 Å². The fraction of sp³-hybridized carbons (Fsp3) is 0.438. The molecule has 2 N–H and O–H groups in total. The first-order valence-electron chi connectivity index (χ1n) is 6.96. The number of benzene rings is 1. The van der Waals surface area contributed by atoms with Crippen LogP contribution in [-0.4, -0.2) is 46.5 Å². The van der Waals surface area contributed by atoms with Crippen molar-refractivity contribution >= 4 is 0 Å². The number of hydrogen-bond acceptors (Lipinski definition) is 4. The molecule has 0 atom stereocenters. The second-order valence-corrected chi connectivity index (χ2v) is 5.98. The van der Waals surface area contributed by atoms with E-state index in [4.69, 9.17) is 4.74 Å². The average Bonchev–Trinajstić information content (AvgIpc) is 2.84. The highest BCUT2D eigenvalue weighted by molar-refractivity contribution is 5.63. The van der Waals surface area contributed by atoms with Gasteiger partial charge in [0.25, 0.3) is 0 Å². The Labute approximate surface area is 125 Å². The summed E-state index contributed by atoms with van der Waals surface area (Å²) < 4.78 is 5.17. The molecule has 0 amide bonds. The van der Waals surface area contributed by atoms with Gasteiger partial charge in [0.05, 0.1) is 24.6 Å². The van der Waals surface area contributed by atoms with Crippen molar-refractivity contribution in [3.05, 3.63) is 36.0 Å². The van der Waals surface area contributed by atoms with Gasteiger partial charge in [-0.2, -0.15) is 5.10 Å². The first-order valence-corrected chi connectivity index (χ1v) is 6.96. The maximum absolute atomic E-state index is 9.88. The van der Waals surface area contributed by atoms with Gasteiger partial charge in [-0.1, -0.05) is 0 Å². The number of aliphatic hydroxyl groups is 1. The van der Waals surface area contributed by atoms with Crippen molar-refractivity contribution < 1.29 is 9.84 Å². The van der Waals surface area contributed by atoms with Crippen molar-refractivity contribution in [3.8, 4) is 17.0 Å². The van der Waals surface area contributed by atoms with Crippen molar-refractivity contribution in [3.63, 3.8) is 0 Å². The molecule has 0 radical (unpaired) electrons. The van der Waals surface area contributed by atoms with E-state index in [1.807, 2.05) is 51.4 Å². The number of aromatic amines is 1. The van der Waals surface area contributed by atoms with E-state index >= 15 is 0 Å². The highest BCUT2D eigenvalue weighted by Crippen LogP contribution is 2.24. The minimum Gasteiger partial charge on any atom is -0.497 e. The van der Waals surface area contributed by atoms with Gasteiger partial charge in [-0.15, -0.1) is 0 Å². The Hall–Kier alpha value is -1.85. The van der Waals surface area contributed by atoms with Crippen LogP contribution in [-0.2, 0) is 6.54 Å². The molecule has 2 aromatic rings. The molecule has 0 bridgehead atoms. The molecule has 1 aromatic carbocycles. The lowest BCUT2D eigenvalue weighted by molar-refractivity contribution is 0.0425. The molecule has 2 rings (SSSR count). The molecular formula is C16H23N3O2. The van der Waals surface area contributed by atoms with Crippen LogP contribution in [0.2, 0.25) is 0 Å². The Kier molecular flexibility index (Phi) is 4.65. The molecule has 0 aliphatic carbocycles. The molecular weight excluding hydrogens is 266 g/mol. The first-order chi connectivity index (χ1) is 9.89. The Morgan fingerprint density at radius 1 is 1.29 bits per heavy atom. The van der Waals surface area contributed by atoms with E-state index in [2.05, 4.69) is 15.1 Å². The molecule has 5 heteroatoms. The number of rotatable bonds is 6. The minimum absolute atomic E-state index is 0.597. The van der Waals surface area contributed by atoms with E-state index in [-0.39, 0.29) is 0 Å². The van der Waals surface area contributed by atoms with Gasteiger partial charge in [-0.3, -0.25) is 10.00 Å². The molecule has 21 heavy (non-hydrogen) atoms. The van der Waals surface area contributed by atoms with Crippen LogP contribution in [0.1, 0.15) is 19.4 Å². The topological polar surface area (TPSA) is 61.4 Å². The van der Waals surface area contributed by atoms with Gasteiger partial charge in [-0.05, 0) is 45.2 Å². The number of methoxy groups -OCH3 is 1. The molecule has 1 heterocycles. The lowest BCUT2D eigenvalue weighted by Gasteiger charge is -2.25. The Bertz CT molecular complexity index is 570. The molecule has 0 fully saturated rings. The summed E-state index contributed by atoms with van der Waals surface area (Å²) in [6.45, 7) is 4.94. The minimum atomic E-state index is -0.710. The molecule has 0 saturated carbocycles. The fourth-order valence-electron chi connectivity index (χ4n) is 2.45. The van der Waals surface area contributed by atoms with E-state index < -0.39 is 5.60 Å². The van der Waals surface area contributed by atoms with Crippen molar-refractivity contribution in [2.45, 2.75) is 26.0 Å². The van der Waals surface area contributed by atoms with E-state index in [0.717, 1.165) is 29.1 Å². The fourth-order valence-corrected chi connectivity index (χ4v) is 2.45. The zero-order chi connectivity index (χ0) is 15.5. The first kappa shape index (κ1) is 15.5. The Morgan fingerprint density at radius 2 is 1.95 bits per heavy atom. The van der Waals surface area contributed by atoms with Gasteiger partial charge < -0.3 is 9.84 Å². The second kappa shape index (κ2) is 6.28. The molecule has 0 saturated heterocycles. The SMILES string of the molecule is COc1ccc(-c2[nH]ncc2CN(C)CC(C)(C)O)cc1. The van der Waals surface area contributed by atoms with E-state index in [0.29, 0.717) is 6.54 Å². The maximum atomic E-state index is 9.88. The number of likely N-dealkylation sites (N-methyl/N-ethyl adjacent to an activating group) is 1. The lowest BCUT2D eigenvalue weighted by Crippen LogP contribution is -2.35. The monoisotopic (exact) mass is 289 g/mol. The van der Waals surface area contributed by atoms with Gasteiger partial charge >= 0.3 is 0 Å². The zero-order valence-electron chi connectivity index (χ0n) is 13.1. The van der Waals surface area contributed by atoms with Crippen LogP contribution < -0.4 is 4.74 Å². The summed E-state index contributed by atoms with van der Waals surface area (Å²) in [5.41, 5.74) is 2.46. The van der Waals surface area contributed by atoms with Crippen molar-refractivity contribution in [2.24, 2.45) is 0 Å². The highest BCUT2D eigenvalue weighted by Gasteiger charge is 2.17. The Morgan fingerprint density at radius 3 is 2.52 bits per heavy atom. The van der Waals surface area contributed by atoms with Crippen LogP contribution in [0.4, 0.5) is 0 Å². The molecule has 0 aliphatic rings. The summed E-state index contributed by atoms with van der Waals surface area (Å²) in [5, 5.41) is 17.1. The smallest absolute Gasteiger partial charge is 0.118 e. The number of nitrogens with zero attached hydrogens (tertiary/aromatic N) is 2. The van der Waals surface area contributed by atoms with Crippen molar-refractivity contribution in [1.29, 1.82) is 0 Å². The summed E-state index contributed by atoms with van der Waals surface area (Å²) in [7, 11) is 3.64. The van der Waals surface area contributed by atoms with Gasteiger partial charge in [0, 0.05) is 24.2 Å². The molecule has 114 valence electrons. The normalized spacial score (nSPS) is 11.9. The van der Waals surface area contributed by atoms with Crippen LogP contribution in [0.3, 0.4) is 0 Å². The maximum Gasteiger partial charge on any atom is 0.118 e. The summed E-state index contributed by atoms with van der Waals surface area (Å²) in [6.07, 6.45) is 1.83. The van der Waals surface area contributed by atoms with E-state index in [1.54, 1.807) is 7.11 Å². The van der Waals surface area contributed by atoms with Crippen LogP contribution in [0, 0.1) is 0 Å². The molecule has 5 nitrogen and oxygen atoms in total. The van der Waals surface area contributed by atoms with Crippen LogP contribution in [0.5, 0.6) is 5.75 Å². The third kappa shape index (κ3) is 4.31. The van der Waals surface area contributed by atoms with Crippen molar-refractivity contribution in [2.75, 3.05) is 20.7 Å².